The van der Waals surface area contributed by atoms with Gasteiger partial charge < -0.3 is 4.74 Å². The van der Waals surface area contributed by atoms with Crippen LogP contribution in [0.4, 0.5) is 0 Å². The summed E-state index contributed by atoms with van der Waals surface area (Å²) in [7, 11) is 0. The molecule has 88 valence electrons. The van der Waals surface area contributed by atoms with Gasteiger partial charge in [0.25, 0.3) is 0 Å². The Kier molecular flexibility index (Phi) is 5.03. The van der Waals surface area contributed by atoms with Crippen molar-refractivity contribution in [3.05, 3.63) is 35.9 Å². The van der Waals surface area contributed by atoms with Crippen LogP contribution in [0.15, 0.2) is 35.3 Å². The number of benzene rings is 1. The number of hydrogen-bond donors (Lipinski definition) is 0. The Balaban J connectivity index is 0.000000606. The van der Waals surface area contributed by atoms with E-state index < -0.39 is 0 Å². The Morgan fingerprint density at radius 3 is 2.31 bits per heavy atom. The first-order chi connectivity index (χ1) is 7.77. The van der Waals surface area contributed by atoms with Gasteiger partial charge in [-0.2, -0.15) is 0 Å². The maximum absolute atomic E-state index is 5.53. The second-order valence-corrected chi connectivity index (χ2v) is 3.86. The lowest BCUT2D eigenvalue weighted by atomic mass is 10.1. The van der Waals surface area contributed by atoms with Gasteiger partial charge in [-0.3, -0.25) is 0 Å². The van der Waals surface area contributed by atoms with Crippen LogP contribution < -0.4 is 0 Å². The number of nitrogens with zero attached hydrogens (tertiary/aromatic N) is 1. The predicted molar refractivity (Wildman–Crippen MR) is 68.8 cm³/mol. The zero-order valence-electron chi connectivity index (χ0n) is 10.6. The molecule has 0 fully saturated rings. The Hall–Kier alpha value is -1.31. The van der Waals surface area contributed by atoms with Gasteiger partial charge in [-0.25, -0.2) is 4.99 Å². The fourth-order valence-electron chi connectivity index (χ4n) is 1.55. The van der Waals surface area contributed by atoms with E-state index in [2.05, 4.69) is 31.0 Å². The van der Waals surface area contributed by atoms with Crippen molar-refractivity contribution in [2.45, 2.75) is 33.7 Å². The first-order valence-electron chi connectivity index (χ1n) is 6.03. The molecule has 0 amide bonds. The highest BCUT2D eigenvalue weighted by Gasteiger charge is 2.21. The van der Waals surface area contributed by atoms with Gasteiger partial charge in [0.15, 0.2) is 5.90 Å². The minimum Gasteiger partial charge on any atom is -0.478 e. The first-order valence-corrected chi connectivity index (χ1v) is 6.03. The summed E-state index contributed by atoms with van der Waals surface area (Å²) in [6.45, 7) is 8.90. The Bertz CT molecular complexity index is 330. The molecule has 1 atom stereocenters. The molecule has 0 aromatic heterocycles. The summed E-state index contributed by atoms with van der Waals surface area (Å²) >= 11 is 0. The van der Waals surface area contributed by atoms with E-state index in [1.165, 1.54) is 5.56 Å². The minimum atomic E-state index is 0.202. The predicted octanol–water partition coefficient (Wildman–Crippen LogP) is 3.84. The molecule has 1 aliphatic rings. The molecule has 0 aliphatic carbocycles. The maximum Gasteiger partial charge on any atom is 0.186 e. The molecule has 1 aliphatic heterocycles. The van der Waals surface area contributed by atoms with Crippen molar-refractivity contribution in [2.24, 2.45) is 10.9 Å². The third kappa shape index (κ3) is 3.09. The summed E-state index contributed by atoms with van der Waals surface area (Å²) in [5, 5.41) is 0. The molecule has 2 nitrogen and oxygen atoms in total. The number of rotatable bonds is 2. The molecule has 0 saturated heterocycles. The average Bonchev–Trinajstić information content (AvgIpc) is 2.82. The topological polar surface area (TPSA) is 21.6 Å². The molecular formula is C14H21NO. The van der Waals surface area contributed by atoms with Crippen LogP contribution in [0.25, 0.3) is 0 Å². The van der Waals surface area contributed by atoms with Gasteiger partial charge in [0.05, 0.1) is 0 Å². The summed E-state index contributed by atoms with van der Waals surface area (Å²) in [6.07, 6.45) is 0. The van der Waals surface area contributed by atoms with Crippen molar-refractivity contribution in [1.82, 2.24) is 0 Å². The molecule has 0 bridgehead atoms. The molecule has 2 heteroatoms. The molecular weight excluding hydrogens is 198 g/mol. The fourth-order valence-corrected chi connectivity index (χ4v) is 1.55. The minimum absolute atomic E-state index is 0.202. The second-order valence-electron chi connectivity index (χ2n) is 3.86. The van der Waals surface area contributed by atoms with Crippen LogP contribution in [0.1, 0.15) is 39.3 Å². The molecule has 1 heterocycles. The smallest absolute Gasteiger partial charge is 0.186 e. The quantitative estimate of drug-likeness (QED) is 0.740. The lowest BCUT2D eigenvalue weighted by Crippen LogP contribution is -2.06. The van der Waals surface area contributed by atoms with Crippen LogP contribution in [0.5, 0.6) is 0 Å². The third-order valence-electron chi connectivity index (χ3n) is 2.35. The molecule has 1 aromatic rings. The van der Waals surface area contributed by atoms with Gasteiger partial charge in [-0.05, 0) is 5.56 Å². The SMILES string of the molecule is CC.CC(C)C1=NC(c2ccccc2)CO1. The Morgan fingerprint density at radius 2 is 1.81 bits per heavy atom. The molecule has 2 rings (SSSR count). The molecule has 1 unspecified atom stereocenters. The van der Waals surface area contributed by atoms with E-state index in [-0.39, 0.29) is 6.04 Å². The van der Waals surface area contributed by atoms with E-state index in [0.717, 1.165) is 5.90 Å². The standard InChI is InChI=1S/C12H15NO.C2H6/c1-9(2)12-13-11(8-14-12)10-6-4-3-5-7-10;1-2/h3-7,9,11H,8H2,1-2H3;1-2H3. The van der Waals surface area contributed by atoms with Crippen molar-refractivity contribution in [2.75, 3.05) is 6.61 Å². The summed E-state index contributed by atoms with van der Waals surface area (Å²) in [5.74, 6) is 1.28. The zero-order valence-corrected chi connectivity index (χ0v) is 10.6. The van der Waals surface area contributed by atoms with Gasteiger partial charge in [-0.1, -0.05) is 58.0 Å². The van der Waals surface area contributed by atoms with E-state index in [0.29, 0.717) is 12.5 Å². The Morgan fingerprint density at radius 1 is 1.19 bits per heavy atom. The van der Waals surface area contributed by atoms with Crippen LogP contribution in [-0.2, 0) is 4.74 Å². The normalized spacial score (nSPS) is 18.6. The fraction of sp³-hybridized carbons (Fsp3) is 0.500. The van der Waals surface area contributed by atoms with Crippen LogP contribution in [-0.4, -0.2) is 12.5 Å². The highest BCUT2D eigenvalue weighted by Crippen LogP contribution is 2.24. The van der Waals surface area contributed by atoms with E-state index in [9.17, 15) is 0 Å². The molecule has 0 spiro atoms. The van der Waals surface area contributed by atoms with Gasteiger partial charge in [-0.15, -0.1) is 0 Å². The Labute approximate surface area is 98.4 Å². The lowest BCUT2D eigenvalue weighted by Gasteiger charge is -2.03. The largest absolute Gasteiger partial charge is 0.478 e. The average molecular weight is 219 g/mol. The number of ether oxygens (including phenoxy) is 1. The summed E-state index contributed by atoms with van der Waals surface area (Å²) < 4.78 is 5.53. The number of hydrogen-bond acceptors (Lipinski definition) is 2. The van der Waals surface area contributed by atoms with Crippen molar-refractivity contribution < 1.29 is 4.74 Å². The molecule has 0 saturated carbocycles. The zero-order chi connectivity index (χ0) is 12.0. The highest BCUT2D eigenvalue weighted by molar-refractivity contribution is 5.79. The molecule has 0 radical (unpaired) electrons. The molecule has 1 aromatic carbocycles. The highest BCUT2D eigenvalue weighted by atomic mass is 16.5. The van der Waals surface area contributed by atoms with E-state index >= 15 is 0 Å². The summed E-state index contributed by atoms with van der Waals surface area (Å²) in [5.41, 5.74) is 1.24. The van der Waals surface area contributed by atoms with Gasteiger partial charge >= 0.3 is 0 Å². The number of aliphatic imine (C=N–C) groups is 1. The molecule has 0 N–H and O–H groups in total. The summed E-state index contributed by atoms with van der Waals surface area (Å²) in [4.78, 5) is 4.55. The first kappa shape index (κ1) is 12.8. The van der Waals surface area contributed by atoms with Gasteiger partial charge in [0.2, 0.25) is 0 Å². The van der Waals surface area contributed by atoms with E-state index in [1.807, 2.05) is 32.0 Å². The lowest BCUT2D eigenvalue weighted by molar-refractivity contribution is 0.303. The monoisotopic (exact) mass is 219 g/mol. The van der Waals surface area contributed by atoms with E-state index in [1.54, 1.807) is 0 Å². The van der Waals surface area contributed by atoms with Gasteiger partial charge in [0.1, 0.15) is 12.6 Å². The summed E-state index contributed by atoms with van der Waals surface area (Å²) in [6, 6.07) is 10.5. The van der Waals surface area contributed by atoms with Crippen LogP contribution in [0.2, 0.25) is 0 Å². The second kappa shape index (κ2) is 6.31. The van der Waals surface area contributed by atoms with Crippen molar-refractivity contribution in [3.8, 4) is 0 Å². The van der Waals surface area contributed by atoms with E-state index in [4.69, 9.17) is 4.74 Å². The molecule has 16 heavy (non-hydrogen) atoms. The van der Waals surface area contributed by atoms with Crippen molar-refractivity contribution in [1.29, 1.82) is 0 Å². The van der Waals surface area contributed by atoms with Crippen LogP contribution in [0, 0.1) is 5.92 Å². The van der Waals surface area contributed by atoms with Crippen molar-refractivity contribution >= 4 is 5.90 Å². The van der Waals surface area contributed by atoms with Crippen LogP contribution >= 0.6 is 0 Å². The third-order valence-corrected chi connectivity index (χ3v) is 2.35. The van der Waals surface area contributed by atoms with Crippen molar-refractivity contribution in [3.63, 3.8) is 0 Å². The maximum atomic E-state index is 5.53. The van der Waals surface area contributed by atoms with Crippen LogP contribution in [0.3, 0.4) is 0 Å². The van der Waals surface area contributed by atoms with Gasteiger partial charge in [0, 0.05) is 5.92 Å².